The highest BCUT2D eigenvalue weighted by molar-refractivity contribution is 5.96. The van der Waals surface area contributed by atoms with Crippen LogP contribution < -0.4 is 5.32 Å². The van der Waals surface area contributed by atoms with Crippen LogP contribution in [0.2, 0.25) is 0 Å². The van der Waals surface area contributed by atoms with Crippen molar-refractivity contribution in [2.45, 2.75) is 45.8 Å². The second-order valence-corrected chi connectivity index (χ2v) is 8.32. The van der Waals surface area contributed by atoms with Gasteiger partial charge in [-0.15, -0.1) is 0 Å². The average molecular weight is 411 g/mol. The highest BCUT2D eigenvalue weighted by Gasteiger charge is 2.22. The molecule has 2 aromatic carbocycles. The molecule has 30 heavy (non-hydrogen) atoms. The Bertz CT molecular complexity index is 870. The lowest BCUT2D eigenvalue weighted by atomic mass is 9.87. The van der Waals surface area contributed by atoms with E-state index in [1.165, 1.54) is 11.8 Å². The van der Waals surface area contributed by atoms with Crippen molar-refractivity contribution in [1.82, 2.24) is 10.2 Å². The van der Waals surface area contributed by atoms with Gasteiger partial charge in [0.15, 0.2) is 6.10 Å². The summed E-state index contributed by atoms with van der Waals surface area (Å²) in [5.74, 6) is -1.34. The van der Waals surface area contributed by atoms with Crippen LogP contribution in [0.1, 0.15) is 49.2 Å². The number of nitrogens with zero attached hydrogens (tertiary/aromatic N) is 1. The second kappa shape index (κ2) is 10.1. The molecule has 1 N–H and O–H groups in total. The number of likely N-dealkylation sites (N-methyl/N-ethyl adjacent to an activating group) is 1. The Morgan fingerprint density at radius 3 is 2.17 bits per heavy atom. The van der Waals surface area contributed by atoms with E-state index in [9.17, 15) is 14.4 Å². The predicted octanol–water partition coefficient (Wildman–Crippen LogP) is 3.30. The number of hydrogen-bond donors (Lipinski definition) is 1. The van der Waals surface area contributed by atoms with Gasteiger partial charge in [0.25, 0.3) is 11.8 Å². The Labute approximate surface area is 178 Å². The molecule has 160 valence electrons. The molecule has 0 unspecified atom stereocenters. The molecule has 0 aromatic heterocycles. The van der Waals surface area contributed by atoms with Crippen molar-refractivity contribution < 1.29 is 19.1 Å². The maximum Gasteiger partial charge on any atom is 0.326 e. The third kappa shape index (κ3) is 6.72. The number of rotatable bonds is 7. The summed E-state index contributed by atoms with van der Waals surface area (Å²) in [6.07, 6.45) is -0.936. The van der Waals surface area contributed by atoms with Crippen LogP contribution in [0.3, 0.4) is 0 Å². The summed E-state index contributed by atoms with van der Waals surface area (Å²) in [7, 11) is 1.66. The summed E-state index contributed by atoms with van der Waals surface area (Å²) in [5.41, 5.74) is 2.55. The zero-order valence-electron chi connectivity index (χ0n) is 18.3. The van der Waals surface area contributed by atoms with Crippen LogP contribution in [0.15, 0.2) is 54.6 Å². The van der Waals surface area contributed by atoms with Gasteiger partial charge < -0.3 is 15.0 Å². The molecule has 2 rings (SSSR count). The van der Waals surface area contributed by atoms with Crippen LogP contribution >= 0.6 is 0 Å². The molecule has 0 saturated heterocycles. The highest BCUT2D eigenvalue weighted by Crippen LogP contribution is 2.22. The Morgan fingerprint density at radius 2 is 1.60 bits per heavy atom. The average Bonchev–Trinajstić information content (AvgIpc) is 2.71. The molecule has 0 fully saturated rings. The number of hydrogen-bond acceptors (Lipinski definition) is 4. The normalized spacial score (nSPS) is 12.0. The van der Waals surface area contributed by atoms with E-state index in [1.807, 2.05) is 42.5 Å². The number of amides is 2. The van der Waals surface area contributed by atoms with Crippen molar-refractivity contribution >= 4 is 17.8 Å². The number of esters is 1. The third-order valence-electron chi connectivity index (χ3n) is 4.70. The third-order valence-corrected chi connectivity index (χ3v) is 4.70. The summed E-state index contributed by atoms with van der Waals surface area (Å²) >= 11 is 0. The smallest absolute Gasteiger partial charge is 0.326 e. The second-order valence-electron chi connectivity index (χ2n) is 8.32. The Hall–Kier alpha value is -3.15. The molecular formula is C24H30N2O4. The fraction of sp³-hybridized carbons (Fsp3) is 0.375. The van der Waals surface area contributed by atoms with E-state index >= 15 is 0 Å². The van der Waals surface area contributed by atoms with Gasteiger partial charge in [0.05, 0.1) is 0 Å². The molecular weight excluding hydrogens is 380 g/mol. The van der Waals surface area contributed by atoms with Crippen LogP contribution in [0.5, 0.6) is 0 Å². The monoisotopic (exact) mass is 410 g/mol. The number of benzene rings is 2. The zero-order chi connectivity index (χ0) is 22.3. The van der Waals surface area contributed by atoms with Gasteiger partial charge in [0.2, 0.25) is 0 Å². The molecule has 0 saturated carbocycles. The standard InChI is InChI=1S/C24H30N2O4/c1-17(23(29)26(5)16-18-9-7-6-8-10-18)30-21(27)15-25-22(28)19-11-13-20(14-12-19)24(2,3)4/h6-14,17H,15-16H2,1-5H3,(H,25,28)/t17-/m1/s1. The first-order valence-corrected chi connectivity index (χ1v) is 9.95. The molecule has 0 radical (unpaired) electrons. The van der Waals surface area contributed by atoms with Crippen molar-refractivity contribution in [3.8, 4) is 0 Å². The van der Waals surface area contributed by atoms with E-state index in [0.717, 1.165) is 11.1 Å². The number of nitrogens with one attached hydrogen (secondary N) is 1. The molecule has 0 bridgehead atoms. The summed E-state index contributed by atoms with van der Waals surface area (Å²) in [5, 5.41) is 2.53. The van der Waals surface area contributed by atoms with E-state index in [4.69, 9.17) is 4.74 Å². The lowest BCUT2D eigenvalue weighted by Gasteiger charge is -2.21. The molecule has 0 aliphatic carbocycles. The first-order chi connectivity index (χ1) is 14.1. The number of ether oxygens (including phenoxy) is 1. The molecule has 0 heterocycles. The van der Waals surface area contributed by atoms with Gasteiger partial charge in [-0.1, -0.05) is 63.2 Å². The summed E-state index contributed by atoms with van der Waals surface area (Å²) < 4.78 is 5.18. The quantitative estimate of drug-likeness (QED) is 0.711. The lowest BCUT2D eigenvalue weighted by Crippen LogP contribution is -2.39. The maximum absolute atomic E-state index is 12.4. The maximum atomic E-state index is 12.4. The van der Waals surface area contributed by atoms with E-state index in [0.29, 0.717) is 12.1 Å². The molecule has 2 aromatic rings. The van der Waals surface area contributed by atoms with Gasteiger partial charge in [-0.25, -0.2) is 0 Å². The minimum absolute atomic E-state index is 0.00480. The van der Waals surface area contributed by atoms with Crippen LogP contribution in [0, 0.1) is 0 Å². The topological polar surface area (TPSA) is 75.7 Å². The van der Waals surface area contributed by atoms with Crippen molar-refractivity contribution in [2.75, 3.05) is 13.6 Å². The predicted molar refractivity (Wildman–Crippen MR) is 116 cm³/mol. The van der Waals surface area contributed by atoms with Crippen molar-refractivity contribution in [3.63, 3.8) is 0 Å². The summed E-state index contributed by atoms with van der Waals surface area (Å²) in [6, 6.07) is 16.8. The fourth-order valence-electron chi connectivity index (χ4n) is 2.91. The van der Waals surface area contributed by atoms with Crippen molar-refractivity contribution in [2.24, 2.45) is 0 Å². The van der Waals surface area contributed by atoms with E-state index in [-0.39, 0.29) is 23.8 Å². The van der Waals surface area contributed by atoms with Gasteiger partial charge in [-0.3, -0.25) is 14.4 Å². The van der Waals surface area contributed by atoms with E-state index < -0.39 is 12.1 Å². The van der Waals surface area contributed by atoms with Crippen LogP contribution in [0.4, 0.5) is 0 Å². The molecule has 0 spiro atoms. The Morgan fingerprint density at radius 1 is 1.00 bits per heavy atom. The van der Waals surface area contributed by atoms with E-state index in [2.05, 4.69) is 26.1 Å². The van der Waals surface area contributed by atoms with Gasteiger partial charge >= 0.3 is 5.97 Å². The number of carbonyl (C=O) groups excluding carboxylic acids is 3. The van der Waals surface area contributed by atoms with E-state index in [1.54, 1.807) is 19.2 Å². The summed E-state index contributed by atoms with van der Waals surface area (Å²) in [6.45, 7) is 7.92. The molecule has 6 nitrogen and oxygen atoms in total. The van der Waals surface area contributed by atoms with Gasteiger partial charge in [-0.2, -0.15) is 0 Å². The van der Waals surface area contributed by atoms with Gasteiger partial charge in [-0.05, 0) is 35.6 Å². The molecule has 0 aliphatic rings. The number of carbonyl (C=O) groups is 3. The Kier molecular flexibility index (Phi) is 7.75. The highest BCUT2D eigenvalue weighted by atomic mass is 16.5. The molecule has 6 heteroatoms. The van der Waals surface area contributed by atoms with Gasteiger partial charge in [0, 0.05) is 19.2 Å². The SMILES string of the molecule is C[C@@H](OC(=O)CNC(=O)c1ccc(C(C)(C)C)cc1)C(=O)N(C)Cc1ccccc1. The van der Waals surface area contributed by atoms with Crippen molar-refractivity contribution in [1.29, 1.82) is 0 Å². The minimum Gasteiger partial charge on any atom is -0.451 e. The Balaban J connectivity index is 1.81. The fourth-order valence-corrected chi connectivity index (χ4v) is 2.91. The molecule has 2 amide bonds. The minimum atomic E-state index is -0.936. The molecule has 0 aliphatic heterocycles. The van der Waals surface area contributed by atoms with Crippen LogP contribution in [0.25, 0.3) is 0 Å². The molecule has 1 atom stereocenters. The summed E-state index contributed by atoms with van der Waals surface area (Å²) in [4.78, 5) is 38.2. The lowest BCUT2D eigenvalue weighted by molar-refractivity contribution is -0.157. The van der Waals surface area contributed by atoms with Crippen LogP contribution in [-0.2, 0) is 26.3 Å². The first kappa shape index (κ1) is 23.1. The van der Waals surface area contributed by atoms with Crippen molar-refractivity contribution in [3.05, 3.63) is 71.3 Å². The van der Waals surface area contributed by atoms with Gasteiger partial charge in [0.1, 0.15) is 6.54 Å². The first-order valence-electron chi connectivity index (χ1n) is 9.95. The zero-order valence-corrected chi connectivity index (χ0v) is 18.3. The largest absolute Gasteiger partial charge is 0.451 e. The van der Waals surface area contributed by atoms with Crippen LogP contribution in [-0.4, -0.2) is 42.4 Å².